The minimum Gasteiger partial charge on any atom is -0.411 e. The summed E-state index contributed by atoms with van der Waals surface area (Å²) in [4.78, 5) is 8.68. The van der Waals surface area contributed by atoms with Crippen molar-refractivity contribution < 1.29 is 4.84 Å². The third kappa shape index (κ3) is 1.45. The van der Waals surface area contributed by atoms with Crippen molar-refractivity contribution >= 4 is 0 Å². The van der Waals surface area contributed by atoms with Gasteiger partial charge in [-0.15, -0.1) is 0 Å². The van der Waals surface area contributed by atoms with Gasteiger partial charge in [-0.25, -0.2) is 0 Å². The first kappa shape index (κ1) is 7.02. The Labute approximate surface area is 59.8 Å². The lowest BCUT2D eigenvalue weighted by atomic mass is 10.3. The third-order valence-corrected chi connectivity index (χ3v) is 1.19. The highest BCUT2D eigenvalue weighted by Gasteiger charge is 1.94. The van der Waals surface area contributed by atoms with Crippen molar-refractivity contribution in [2.45, 2.75) is 13.8 Å². The van der Waals surface area contributed by atoms with E-state index in [1.807, 2.05) is 13.8 Å². The second-order valence-corrected chi connectivity index (χ2v) is 2.20. The molecule has 0 saturated carbocycles. The zero-order valence-corrected chi connectivity index (χ0v) is 6.09. The maximum Gasteiger partial charge on any atom is 0.150 e. The third-order valence-electron chi connectivity index (χ3n) is 1.19. The second kappa shape index (κ2) is 2.66. The molecule has 10 heavy (non-hydrogen) atoms. The summed E-state index contributed by atoms with van der Waals surface area (Å²) in [5.41, 5.74) is 1.83. The van der Waals surface area contributed by atoms with Crippen LogP contribution in [0.25, 0.3) is 0 Å². The van der Waals surface area contributed by atoms with Crippen LogP contribution in [0.15, 0.2) is 12.1 Å². The van der Waals surface area contributed by atoms with Crippen molar-refractivity contribution in [1.29, 1.82) is 0 Å². The van der Waals surface area contributed by atoms with Gasteiger partial charge in [0.2, 0.25) is 0 Å². The van der Waals surface area contributed by atoms with Gasteiger partial charge in [-0.3, -0.25) is 4.98 Å². The van der Waals surface area contributed by atoms with Gasteiger partial charge in [0.1, 0.15) is 5.75 Å². The number of hydrogen-bond donors (Lipinski definition) is 1. The SMILES string of the molecule is Cc1cc(ON)cc(C)n1. The molecular formula is C7H10N2O. The largest absolute Gasteiger partial charge is 0.411 e. The molecule has 0 aromatic carbocycles. The topological polar surface area (TPSA) is 48.1 Å². The molecule has 0 spiro atoms. The Kier molecular flexibility index (Phi) is 1.87. The van der Waals surface area contributed by atoms with Crippen LogP contribution in [0.1, 0.15) is 11.4 Å². The first-order valence-corrected chi connectivity index (χ1v) is 3.04. The van der Waals surface area contributed by atoms with Crippen LogP contribution in [0, 0.1) is 13.8 Å². The van der Waals surface area contributed by atoms with Crippen LogP contribution < -0.4 is 10.7 Å². The first-order valence-electron chi connectivity index (χ1n) is 3.04. The Morgan fingerprint density at radius 1 is 1.30 bits per heavy atom. The first-order chi connectivity index (χ1) is 4.72. The predicted octanol–water partition coefficient (Wildman–Crippen LogP) is 0.951. The van der Waals surface area contributed by atoms with Crippen molar-refractivity contribution in [1.82, 2.24) is 4.98 Å². The summed E-state index contributed by atoms with van der Waals surface area (Å²) in [5, 5.41) is 0. The van der Waals surface area contributed by atoms with E-state index >= 15 is 0 Å². The van der Waals surface area contributed by atoms with Crippen LogP contribution in [0.4, 0.5) is 0 Å². The molecule has 0 aliphatic carbocycles. The molecule has 54 valence electrons. The fourth-order valence-electron chi connectivity index (χ4n) is 0.864. The molecule has 1 rings (SSSR count). The van der Waals surface area contributed by atoms with Gasteiger partial charge in [-0.2, -0.15) is 5.90 Å². The van der Waals surface area contributed by atoms with Gasteiger partial charge in [-0.05, 0) is 13.8 Å². The summed E-state index contributed by atoms with van der Waals surface area (Å²) in [6.45, 7) is 3.80. The van der Waals surface area contributed by atoms with Crippen LogP contribution >= 0.6 is 0 Å². The molecule has 0 amide bonds. The smallest absolute Gasteiger partial charge is 0.150 e. The van der Waals surface area contributed by atoms with Crippen molar-refractivity contribution in [3.63, 3.8) is 0 Å². The fraction of sp³-hybridized carbons (Fsp3) is 0.286. The van der Waals surface area contributed by atoms with E-state index in [1.54, 1.807) is 12.1 Å². The summed E-state index contributed by atoms with van der Waals surface area (Å²) in [5.74, 6) is 5.62. The van der Waals surface area contributed by atoms with E-state index in [0.717, 1.165) is 11.4 Å². The van der Waals surface area contributed by atoms with Crippen molar-refractivity contribution in [3.8, 4) is 5.75 Å². The van der Waals surface area contributed by atoms with Gasteiger partial charge in [0.05, 0.1) is 0 Å². The Morgan fingerprint density at radius 2 is 1.80 bits per heavy atom. The van der Waals surface area contributed by atoms with E-state index in [0.29, 0.717) is 5.75 Å². The molecule has 0 aliphatic rings. The lowest BCUT2D eigenvalue weighted by molar-refractivity contribution is 0.333. The fourth-order valence-corrected chi connectivity index (χ4v) is 0.864. The predicted molar refractivity (Wildman–Crippen MR) is 38.5 cm³/mol. The molecule has 0 radical (unpaired) electrons. The van der Waals surface area contributed by atoms with Crippen molar-refractivity contribution in [3.05, 3.63) is 23.5 Å². The van der Waals surface area contributed by atoms with E-state index in [4.69, 9.17) is 5.90 Å². The number of aromatic nitrogens is 1. The van der Waals surface area contributed by atoms with Crippen LogP contribution in [-0.4, -0.2) is 4.98 Å². The summed E-state index contributed by atoms with van der Waals surface area (Å²) in [6, 6.07) is 3.57. The molecule has 0 bridgehead atoms. The lowest BCUT2D eigenvalue weighted by Crippen LogP contribution is -2.02. The van der Waals surface area contributed by atoms with Gasteiger partial charge < -0.3 is 4.84 Å². The molecule has 0 unspecified atom stereocenters. The van der Waals surface area contributed by atoms with Gasteiger partial charge in [0.15, 0.2) is 0 Å². The van der Waals surface area contributed by atoms with Crippen LogP contribution in [-0.2, 0) is 0 Å². The molecule has 0 aliphatic heterocycles. The van der Waals surface area contributed by atoms with Crippen LogP contribution in [0.3, 0.4) is 0 Å². The Morgan fingerprint density at radius 3 is 2.20 bits per heavy atom. The molecule has 2 N–H and O–H groups in total. The Balaban J connectivity index is 3.06. The number of nitrogens with zero attached hydrogens (tertiary/aromatic N) is 1. The number of rotatable bonds is 1. The van der Waals surface area contributed by atoms with Crippen LogP contribution in [0.5, 0.6) is 5.75 Å². The molecule has 3 heteroatoms. The van der Waals surface area contributed by atoms with E-state index in [-0.39, 0.29) is 0 Å². The Bertz CT molecular complexity index is 215. The standard InChI is InChI=1S/C7H10N2O/c1-5-3-7(10-8)4-6(2)9-5/h3-4H,8H2,1-2H3. The molecule has 3 nitrogen and oxygen atoms in total. The molecule has 1 aromatic heterocycles. The maximum atomic E-state index is 4.96. The minimum atomic E-state index is 0.657. The lowest BCUT2D eigenvalue weighted by Gasteiger charge is -1.99. The van der Waals surface area contributed by atoms with Gasteiger partial charge in [0, 0.05) is 23.5 Å². The average molecular weight is 138 g/mol. The van der Waals surface area contributed by atoms with Gasteiger partial charge >= 0.3 is 0 Å². The normalized spacial score (nSPS) is 9.50. The summed E-state index contributed by atoms with van der Waals surface area (Å²) >= 11 is 0. The molecule has 0 atom stereocenters. The molecule has 0 saturated heterocycles. The van der Waals surface area contributed by atoms with Crippen molar-refractivity contribution in [2.75, 3.05) is 0 Å². The highest BCUT2D eigenvalue weighted by molar-refractivity contribution is 5.25. The van der Waals surface area contributed by atoms with Gasteiger partial charge in [-0.1, -0.05) is 0 Å². The highest BCUT2D eigenvalue weighted by Crippen LogP contribution is 2.10. The quantitative estimate of drug-likeness (QED) is 0.588. The zero-order chi connectivity index (χ0) is 7.56. The van der Waals surface area contributed by atoms with E-state index in [1.165, 1.54) is 0 Å². The van der Waals surface area contributed by atoms with E-state index in [9.17, 15) is 0 Å². The van der Waals surface area contributed by atoms with E-state index in [2.05, 4.69) is 9.82 Å². The average Bonchev–Trinajstić information content (AvgIpc) is 1.85. The Hall–Kier alpha value is -1.09. The molecule has 0 fully saturated rings. The van der Waals surface area contributed by atoms with Crippen LogP contribution in [0.2, 0.25) is 0 Å². The number of pyridine rings is 1. The number of hydrogen-bond acceptors (Lipinski definition) is 3. The number of nitrogens with two attached hydrogens (primary N) is 1. The molecule has 1 aromatic rings. The number of aryl methyl sites for hydroxylation is 2. The summed E-state index contributed by atoms with van der Waals surface area (Å²) in [6.07, 6.45) is 0. The van der Waals surface area contributed by atoms with Crippen molar-refractivity contribution in [2.24, 2.45) is 5.90 Å². The highest BCUT2D eigenvalue weighted by atomic mass is 16.6. The summed E-state index contributed by atoms with van der Waals surface area (Å²) < 4.78 is 0. The summed E-state index contributed by atoms with van der Waals surface area (Å²) in [7, 11) is 0. The minimum absolute atomic E-state index is 0.657. The second-order valence-electron chi connectivity index (χ2n) is 2.20. The monoisotopic (exact) mass is 138 g/mol. The molecular weight excluding hydrogens is 128 g/mol. The van der Waals surface area contributed by atoms with Gasteiger partial charge in [0.25, 0.3) is 0 Å². The van der Waals surface area contributed by atoms with E-state index < -0.39 is 0 Å². The zero-order valence-electron chi connectivity index (χ0n) is 6.09. The molecule has 1 heterocycles. The maximum absolute atomic E-state index is 4.96.